The number of nitrogens with zero attached hydrogens (tertiary/aromatic N) is 8. The number of rotatable bonds is 10. The average molecular weight is 785 g/mol. The van der Waals surface area contributed by atoms with Gasteiger partial charge in [0.1, 0.15) is 17.4 Å². The van der Waals surface area contributed by atoms with Gasteiger partial charge in [0.05, 0.1) is 41.2 Å². The molecule has 298 valence electrons. The topological polar surface area (TPSA) is 176 Å². The molecule has 16 heteroatoms. The third-order valence-corrected chi connectivity index (χ3v) is 12.4. The molecule has 0 bridgehead atoms. The van der Waals surface area contributed by atoms with Crippen LogP contribution in [0.15, 0.2) is 61.2 Å². The summed E-state index contributed by atoms with van der Waals surface area (Å²) in [4.78, 5) is 74.2. The van der Waals surface area contributed by atoms with Gasteiger partial charge in [-0.2, -0.15) is 10.2 Å². The zero-order valence-electron chi connectivity index (χ0n) is 32.0. The van der Waals surface area contributed by atoms with Crippen LogP contribution in [0.1, 0.15) is 88.5 Å². The van der Waals surface area contributed by atoms with Crippen molar-refractivity contribution >= 4 is 57.5 Å². The van der Waals surface area contributed by atoms with Crippen LogP contribution < -0.4 is 20.3 Å². The monoisotopic (exact) mass is 784 g/mol. The lowest BCUT2D eigenvalue weighted by Crippen LogP contribution is -2.54. The SMILES string of the molecule is O=C1CCC(N2C(=O)c3ccc(N4CCN(C[C@H]5CC[C@H](n6cc7cc(NC(=O)c8cnn9cccnc89)c(OCC8CC8)cc7n6)CC5)CC4)cc3C2=O)C(=O)N1. The second-order valence-electron chi connectivity index (χ2n) is 16.3. The molecule has 4 fully saturated rings. The fourth-order valence-corrected chi connectivity index (χ4v) is 8.95. The minimum Gasteiger partial charge on any atom is -0.491 e. The molecule has 2 saturated heterocycles. The maximum absolute atomic E-state index is 13.4. The van der Waals surface area contributed by atoms with Gasteiger partial charge in [0.2, 0.25) is 11.8 Å². The Kier molecular flexibility index (Phi) is 9.14. The molecule has 5 aromatic rings. The summed E-state index contributed by atoms with van der Waals surface area (Å²) >= 11 is 0. The van der Waals surface area contributed by atoms with Crippen molar-refractivity contribution in [1.82, 2.24) is 39.5 Å². The lowest BCUT2D eigenvalue weighted by molar-refractivity contribution is -0.136. The maximum atomic E-state index is 13.4. The molecule has 5 aliphatic rings. The number of hydrogen-bond donors (Lipinski definition) is 2. The Morgan fingerprint density at radius 3 is 2.48 bits per heavy atom. The number of fused-ring (bicyclic) bond motifs is 3. The van der Waals surface area contributed by atoms with Gasteiger partial charge in [-0.25, -0.2) is 9.50 Å². The number of piperidine rings is 1. The highest BCUT2D eigenvalue weighted by atomic mass is 16.5. The third-order valence-electron chi connectivity index (χ3n) is 12.4. The molecule has 0 radical (unpaired) electrons. The first-order valence-corrected chi connectivity index (χ1v) is 20.3. The molecular formula is C42H44N10O6. The fraction of sp³-hybridized carbons (Fsp3) is 0.429. The summed E-state index contributed by atoms with van der Waals surface area (Å²) in [6, 6.07) is 10.3. The van der Waals surface area contributed by atoms with E-state index in [0.717, 1.165) is 92.7 Å². The predicted octanol–water partition coefficient (Wildman–Crippen LogP) is 4.07. The van der Waals surface area contributed by atoms with Gasteiger partial charge >= 0.3 is 0 Å². The van der Waals surface area contributed by atoms with E-state index in [4.69, 9.17) is 9.84 Å². The molecule has 2 N–H and O–H groups in total. The lowest BCUT2D eigenvalue weighted by Gasteiger charge is -2.39. The van der Waals surface area contributed by atoms with E-state index in [-0.39, 0.29) is 18.7 Å². The first-order valence-electron chi connectivity index (χ1n) is 20.3. The second-order valence-corrected chi connectivity index (χ2v) is 16.3. The van der Waals surface area contributed by atoms with Crippen molar-refractivity contribution in [2.24, 2.45) is 11.8 Å². The number of hydrogen-bond acceptors (Lipinski definition) is 11. The van der Waals surface area contributed by atoms with E-state index >= 15 is 0 Å². The average Bonchev–Trinajstić information content (AvgIpc) is 3.72. The molecule has 3 aliphatic heterocycles. The summed E-state index contributed by atoms with van der Waals surface area (Å²) < 4.78 is 9.93. The van der Waals surface area contributed by atoms with Crippen LogP contribution in [0.2, 0.25) is 0 Å². The van der Waals surface area contributed by atoms with Crippen LogP contribution in [0.5, 0.6) is 5.75 Å². The normalized spacial score (nSPS) is 22.8. The lowest BCUT2D eigenvalue weighted by atomic mass is 9.85. The number of carbonyl (C=O) groups is 5. The molecule has 6 heterocycles. The number of benzene rings is 2. The molecule has 10 rings (SSSR count). The minimum atomic E-state index is -0.973. The van der Waals surface area contributed by atoms with Crippen molar-refractivity contribution < 1.29 is 28.7 Å². The summed E-state index contributed by atoms with van der Waals surface area (Å²) in [5.41, 5.74) is 3.81. The van der Waals surface area contributed by atoms with Gasteiger partial charge in [-0.3, -0.25) is 43.8 Å². The molecule has 0 spiro atoms. The number of amides is 5. The molecule has 1 unspecified atom stereocenters. The highest BCUT2D eigenvalue weighted by Gasteiger charge is 2.45. The van der Waals surface area contributed by atoms with E-state index in [1.807, 2.05) is 18.2 Å². The highest BCUT2D eigenvalue weighted by molar-refractivity contribution is 6.23. The third kappa shape index (κ3) is 6.84. The van der Waals surface area contributed by atoms with Gasteiger partial charge in [0.25, 0.3) is 17.7 Å². The largest absolute Gasteiger partial charge is 0.491 e. The summed E-state index contributed by atoms with van der Waals surface area (Å²) in [5.74, 6) is -0.513. The molecule has 16 nitrogen and oxygen atoms in total. The summed E-state index contributed by atoms with van der Waals surface area (Å²) in [6.07, 6.45) is 13.8. The first-order chi connectivity index (χ1) is 28.3. The van der Waals surface area contributed by atoms with Crippen molar-refractivity contribution in [3.05, 3.63) is 77.9 Å². The number of nitrogens with one attached hydrogen (secondary N) is 2. The Hall–Kier alpha value is -6.16. The van der Waals surface area contributed by atoms with Crippen molar-refractivity contribution in [1.29, 1.82) is 0 Å². The number of piperazine rings is 1. The molecule has 2 saturated carbocycles. The fourth-order valence-electron chi connectivity index (χ4n) is 8.95. The van der Waals surface area contributed by atoms with Crippen molar-refractivity contribution in [3.8, 4) is 5.75 Å². The predicted molar refractivity (Wildman–Crippen MR) is 212 cm³/mol. The number of aromatic nitrogens is 5. The molecule has 5 amide bonds. The molecule has 2 aromatic carbocycles. The molecule has 58 heavy (non-hydrogen) atoms. The van der Waals surface area contributed by atoms with Crippen LogP contribution >= 0.6 is 0 Å². The van der Waals surface area contributed by atoms with Crippen LogP contribution in [0.3, 0.4) is 0 Å². The summed E-state index contributed by atoms with van der Waals surface area (Å²) in [5, 5.41) is 15.5. The van der Waals surface area contributed by atoms with Gasteiger partial charge in [-0.15, -0.1) is 0 Å². The molecular weight excluding hydrogens is 741 g/mol. The van der Waals surface area contributed by atoms with E-state index in [0.29, 0.717) is 58.3 Å². The molecule has 1 atom stereocenters. The minimum absolute atomic E-state index is 0.0925. The van der Waals surface area contributed by atoms with E-state index in [1.54, 1.807) is 35.1 Å². The van der Waals surface area contributed by atoms with Gasteiger partial charge in [0, 0.05) is 74.9 Å². The summed E-state index contributed by atoms with van der Waals surface area (Å²) in [7, 11) is 0. The van der Waals surface area contributed by atoms with E-state index < -0.39 is 29.7 Å². The number of ether oxygens (including phenoxy) is 1. The van der Waals surface area contributed by atoms with Crippen molar-refractivity contribution in [3.63, 3.8) is 0 Å². The van der Waals surface area contributed by atoms with Crippen LogP contribution in [0.25, 0.3) is 16.6 Å². The van der Waals surface area contributed by atoms with Crippen LogP contribution in [0, 0.1) is 11.8 Å². The quantitative estimate of drug-likeness (QED) is 0.195. The van der Waals surface area contributed by atoms with Gasteiger partial charge in [0.15, 0.2) is 5.65 Å². The molecule has 2 aliphatic carbocycles. The first kappa shape index (κ1) is 36.2. The number of anilines is 2. The van der Waals surface area contributed by atoms with E-state index in [9.17, 15) is 24.0 Å². The van der Waals surface area contributed by atoms with Crippen molar-refractivity contribution in [2.75, 3.05) is 49.5 Å². The smallest absolute Gasteiger partial charge is 0.262 e. The summed E-state index contributed by atoms with van der Waals surface area (Å²) in [6.45, 7) is 5.04. The second kappa shape index (κ2) is 14.7. The van der Waals surface area contributed by atoms with Crippen LogP contribution in [-0.2, 0) is 9.59 Å². The van der Waals surface area contributed by atoms with E-state index in [1.165, 1.54) is 6.20 Å². The Morgan fingerprint density at radius 1 is 0.897 bits per heavy atom. The highest BCUT2D eigenvalue weighted by Crippen LogP contribution is 2.38. The van der Waals surface area contributed by atoms with Gasteiger partial charge < -0.3 is 15.0 Å². The Morgan fingerprint density at radius 2 is 1.69 bits per heavy atom. The van der Waals surface area contributed by atoms with Crippen molar-refractivity contribution in [2.45, 2.75) is 63.5 Å². The van der Waals surface area contributed by atoms with Crippen LogP contribution in [0.4, 0.5) is 11.4 Å². The van der Waals surface area contributed by atoms with Gasteiger partial charge in [-0.05, 0) is 87.1 Å². The molecule has 3 aromatic heterocycles. The maximum Gasteiger partial charge on any atom is 0.262 e. The zero-order chi connectivity index (χ0) is 39.5. The zero-order valence-corrected chi connectivity index (χ0v) is 32.0. The Labute approximate surface area is 333 Å². The standard InChI is InChI=1S/C42H44N10O6/c53-37-11-10-35(40(55)46-37)52-41(56)30-9-8-29(19-31(30)42(52)57)49-16-14-48(15-17-49)22-25-4-6-28(7-5-25)51-23-27-18-34(36(20-33(27)47-51)58-24-26-2-3-26)45-39(54)32-21-44-50-13-1-12-43-38(32)50/h1,8-9,12-13,18-21,23,25-26,28,35H,2-7,10-11,14-17,22,24H2,(H,45,54)(H,46,53,55)/t25-,28-,35?. The van der Waals surface area contributed by atoms with Crippen LogP contribution in [-0.4, -0.2) is 109 Å². The Balaban J connectivity index is 0.747. The number of imide groups is 2. The van der Waals surface area contributed by atoms with Gasteiger partial charge in [-0.1, -0.05) is 0 Å². The van der Waals surface area contributed by atoms with E-state index in [2.05, 4.69) is 41.4 Å². The Bertz CT molecular complexity index is 2470. The number of carbonyl (C=O) groups excluding carboxylic acids is 5.